The molecule has 0 saturated heterocycles. The molecule has 1 amide bonds. The van der Waals surface area contributed by atoms with Gasteiger partial charge >= 0.3 is 0 Å². The van der Waals surface area contributed by atoms with Gasteiger partial charge in [0.15, 0.2) is 0 Å². The summed E-state index contributed by atoms with van der Waals surface area (Å²) in [5, 5.41) is 5.24. The van der Waals surface area contributed by atoms with Crippen LogP contribution < -0.4 is 15.8 Å². The molecule has 0 unspecified atom stereocenters. The van der Waals surface area contributed by atoms with Crippen LogP contribution in [0.15, 0.2) is 97.6 Å². The molecule has 7 nitrogen and oxygen atoms in total. The van der Waals surface area contributed by atoms with Crippen LogP contribution in [-0.4, -0.2) is 33.5 Å². The highest BCUT2D eigenvalue weighted by Crippen LogP contribution is 2.37. The van der Waals surface area contributed by atoms with Gasteiger partial charge in [-0.05, 0) is 54.0 Å². The first-order valence-electron chi connectivity index (χ1n) is 13.2. The average molecular weight is 526 g/mol. The van der Waals surface area contributed by atoms with Crippen LogP contribution in [0, 0.1) is 0 Å². The van der Waals surface area contributed by atoms with Crippen molar-refractivity contribution in [2.45, 2.75) is 12.5 Å². The minimum absolute atomic E-state index is 0.114. The molecule has 1 aliphatic heterocycles. The number of fused-ring (bicyclic) bond motifs is 3. The molecule has 0 aliphatic carbocycles. The molecule has 5 N–H and O–H groups in total. The van der Waals surface area contributed by atoms with E-state index in [1.807, 2.05) is 79.1 Å². The second kappa shape index (κ2) is 9.87. The van der Waals surface area contributed by atoms with Crippen molar-refractivity contribution in [3.05, 3.63) is 114 Å². The Labute approximate surface area is 230 Å². The summed E-state index contributed by atoms with van der Waals surface area (Å²) >= 11 is 0. The van der Waals surface area contributed by atoms with Crippen molar-refractivity contribution in [3.8, 4) is 16.9 Å². The van der Waals surface area contributed by atoms with Gasteiger partial charge in [0.25, 0.3) is 5.91 Å². The van der Waals surface area contributed by atoms with Gasteiger partial charge in [-0.2, -0.15) is 0 Å². The average Bonchev–Trinajstić information content (AvgIpc) is 3.68. The number of benzene rings is 3. The predicted octanol–water partition coefficient (Wildman–Crippen LogP) is 6.15. The summed E-state index contributed by atoms with van der Waals surface area (Å²) in [6, 6.07) is 24.0. The number of anilines is 1. The number of rotatable bonds is 7. The Hall–Kier alpha value is -5.14. The second-order valence-corrected chi connectivity index (χ2v) is 10.1. The Morgan fingerprint density at radius 3 is 2.52 bits per heavy atom. The molecule has 3 aromatic heterocycles. The molecule has 0 radical (unpaired) electrons. The predicted molar refractivity (Wildman–Crippen MR) is 160 cm³/mol. The standard InChI is InChI=1S/C33H27N5O2/c34-24(11-22-16-36-30-7-3-1-5-26(22)30)19-40-25-12-21(15-35-18-25)20-9-10-32-28(13-20)29(33(39)38-32)14-23-17-37-31-8-4-2-6-27(23)31/h1-10,12-18,24,36-37H,11,19,34H2,(H,38,39)/t24-/m0/s1. The summed E-state index contributed by atoms with van der Waals surface area (Å²) in [6.45, 7) is 0.366. The number of amides is 1. The molecule has 196 valence electrons. The lowest BCUT2D eigenvalue weighted by molar-refractivity contribution is -0.110. The van der Waals surface area contributed by atoms with Crippen molar-refractivity contribution in [2.75, 3.05) is 11.9 Å². The number of aromatic amines is 2. The van der Waals surface area contributed by atoms with E-state index < -0.39 is 0 Å². The first-order chi connectivity index (χ1) is 19.6. The van der Waals surface area contributed by atoms with Crippen LogP contribution in [0.2, 0.25) is 0 Å². The molecule has 3 aromatic carbocycles. The van der Waals surface area contributed by atoms with Crippen LogP contribution in [0.25, 0.3) is 44.6 Å². The number of carbonyl (C=O) groups excluding carboxylic acids is 1. The normalized spacial score (nSPS) is 14.5. The van der Waals surface area contributed by atoms with Crippen molar-refractivity contribution in [1.29, 1.82) is 0 Å². The number of hydrogen-bond donors (Lipinski definition) is 4. The van der Waals surface area contributed by atoms with Crippen molar-refractivity contribution in [1.82, 2.24) is 15.0 Å². The Kier molecular flexibility index (Phi) is 5.91. The summed E-state index contributed by atoms with van der Waals surface area (Å²) in [4.78, 5) is 23.9. The number of aromatic nitrogens is 3. The molecule has 1 aliphatic rings. The zero-order valence-electron chi connectivity index (χ0n) is 21.6. The van der Waals surface area contributed by atoms with Gasteiger partial charge in [-0.1, -0.05) is 42.5 Å². The van der Waals surface area contributed by atoms with E-state index in [2.05, 4.69) is 32.4 Å². The number of nitrogens with two attached hydrogens (primary N) is 1. The zero-order valence-corrected chi connectivity index (χ0v) is 21.6. The van der Waals surface area contributed by atoms with Gasteiger partial charge in [-0.15, -0.1) is 0 Å². The molecule has 0 spiro atoms. The fourth-order valence-electron chi connectivity index (χ4n) is 5.38. The van der Waals surface area contributed by atoms with E-state index in [9.17, 15) is 4.79 Å². The fraction of sp³-hybridized carbons (Fsp3) is 0.0909. The Morgan fingerprint density at radius 1 is 0.875 bits per heavy atom. The summed E-state index contributed by atoms with van der Waals surface area (Å²) in [5.41, 5.74) is 14.8. The van der Waals surface area contributed by atoms with E-state index in [1.165, 1.54) is 10.9 Å². The third-order valence-electron chi connectivity index (χ3n) is 7.39. The molecular formula is C33H27N5O2. The molecule has 0 fully saturated rings. The number of carbonyl (C=O) groups is 1. The van der Waals surface area contributed by atoms with Crippen molar-refractivity contribution < 1.29 is 9.53 Å². The van der Waals surface area contributed by atoms with E-state index in [0.29, 0.717) is 24.4 Å². The van der Waals surface area contributed by atoms with Gasteiger partial charge in [0.05, 0.1) is 6.20 Å². The number of ether oxygens (including phenoxy) is 1. The SMILES string of the molecule is N[C@H](COc1cncc(-c2ccc3c(c2)C(=Cc2c[nH]c4ccccc24)C(=O)N3)c1)Cc1c[nH]c2ccccc12. The minimum atomic E-state index is -0.169. The van der Waals surface area contributed by atoms with Gasteiger partial charge in [-0.3, -0.25) is 9.78 Å². The zero-order chi connectivity index (χ0) is 27.1. The first kappa shape index (κ1) is 23.9. The van der Waals surface area contributed by atoms with Gasteiger partial charge < -0.3 is 25.8 Å². The second-order valence-electron chi connectivity index (χ2n) is 10.1. The highest BCUT2D eigenvalue weighted by molar-refractivity contribution is 6.35. The van der Waals surface area contributed by atoms with Crippen LogP contribution in [0.1, 0.15) is 16.7 Å². The highest BCUT2D eigenvalue weighted by Gasteiger charge is 2.25. The maximum atomic E-state index is 12.9. The van der Waals surface area contributed by atoms with Gasteiger partial charge in [0.2, 0.25) is 0 Å². The lowest BCUT2D eigenvalue weighted by Crippen LogP contribution is -2.30. The van der Waals surface area contributed by atoms with Crippen LogP contribution in [0.4, 0.5) is 5.69 Å². The summed E-state index contributed by atoms with van der Waals surface area (Å²) in [5.74, 6) is 0.535. The Morgan fingerprint density at radius 2 is 1.65 bits per heavy atom. The highest BCUT2D eigenvalue weighted by atomic mass is 16.5. The van der Waals surface area contributed by atoms with E-state index >= 15 is 0 Å². The smallest absolute Gasteiger partial charge is 0.256 e. The number of hydrogen-bond acceptors (Lipinski definition) is 4. The number of pyridine rings is 1. The molecule has 0 saturated carbocycles. The third kappa shape index (κ3) is 4.42. The quantitative estimate of drug-likeness (QED) is 0.187. The maximum absolute atomic E-state index is 12.9. The summed E-state index contributed by atoms with van der Waals surface area (Å²) in [6.07, 6.45) is 10.1. The van der Waals surface area contributed by atoms with E-state index in [1.54, 1.807) is 12.4 Å². The van der Waals surface area contributed by atoms with Crippen molar-refractivity contribution >= 4 is 45.0 Å². The number of nitrogens with one attached hydrogen (secondary N) is 3. The van der Waals surface area contributed by atoms with E-state index in [0.717, 1.165) is 44.4 Å². The van der Waals surface area contributed by atoms with Crippen LogP contribution in [0.5, 0.6) is 5.75 Å². The van der Waals surface area contributed by atoms with Crippen LogP contribution in [0.3, 0.4) is 0 Å². The molecule has 40 heavy (non-hydrogen) atoms. The molecule has 7 rings (SSSR count). The van der Waals surface area contributed by atoms with Crippen LogP contribution >= 0.6 is 0 Å². The summed E-state index contributed by atoms with van der Waals surface area (Å²) in [7, 11) is 0. The molecular weight excluding hydrogens is 498 g/mol. The largest absolute Gasteiger partial charge is 0.490 e. The van der Waals surface area contributed by atoms with Gasteiger partial charge in [0, 0.05) is 74.4 Å². The topological polar surface area (TPSA) is 109 Å². The fourth-order valence-corrected chi connectivity index (χ4v) is 5.38. The molecule has 1 atom stereocenters. The van der Waals surface area contributed by atoms with E-state index in [-0.39, 0.29) is 11.9 Å². The Bertz CT molecular complexity index is 1920. The molecule has 0 bridgehead atoms. The molecule has 6 aromatic rings. The van der Waals surface area contributed by atoms with Gasteiger partial charge in [-0.25, -0.2) is 0 Å². The molecule has 4 heterocycles. The maximum Gasteiger partial charge on any atom is 0.256 e. The first-order valence-corrected chi connectivity index (χ1v) is 13.2. The summed E-state index contributed by atoms with van der Waals surface area (Å²) < 4.78 is 6.05. The number of para-hydroxylation sites is 2. The number of H-pyrrole nitrogens is 2. The Balaban J connectivity index is 1.10. The monoisotopic (exact) mass is 525 g/mol. The van der Waals surface area contributed by atoms with E-state index in [4.69, 9.17) is 10.5 Å². The van der Waals surface area contributed by atoms with Crippen LogP contribution in [-0.2, 0) is 11.2 Å². The lowest BCUT2D eigenvalue weighted by Gasteiger charge is -2.13. The van der Waals surface area contributed by atoms with Crippen molar-refractivity contribution in [2.24, 2.45) is 5.73 Å². The number of nitrogens with zero attached hydrogens (tertiary/aromatic N) is 1. The van der Waals surface area contributed by atoms with Crippen molar-refractivity contribution in [3.63, 3.8) is 0 Å². The third-order valence-corrected chi connectivity index (χ3v) is 7.39. The van der Waals surface area contributed by atoms with Gasteiger partial charge in [0.1, 0.15) is 12.4 Å². The lowest BCUT2D eigenvalue weighted by atomic mass is 9.99. The molecule has 7 heteroatoms. The minimum Gasteiger partial charge on any atom is -0.490 e.